The number of fused-ring (bicyclic) bond motifs is 4. The maximum atomic E-state index is 14.2. The van der Waals surface area contributed by atoms with Crippen molar-refractivity contribution >= 4 is 22.5 Å². The number of carbonyl (C=O) groups is 1. The van der Waals surface area contributed by atoms with E-state index in [0.717, 1.165) is 37.5 Å². The van der Waals surface area contributed by atoms with Crippen LogP contribution in [0.1, 0.15) is 56.3 Å². The van der Waals surface area contributed by atoms with Gasteiger partial charge in [0.15, 0.2) is 0 Å². The zero-order valence-electron chi connectivity index (χ0n) is 30.0. The number of methoxy groups -OCH3 is 1. The van der Waals surface area contributed by atoms with Crippen molar-refractivity contribution in [1.29, 1.82) is 0 Å². The molecule has 4 aromatic rings. The highest BCUT2D eigenvalue weighted by molar-refractivity contribution is 6.07. The van der Waals surface area contributed by atoms with Gasteiger partial charge in [0, 0.05) is 73.8 Å². The van der Waals surface area contributed by atoms with Crippen LogP contribution in [0, 0.1) is 11.6 Å². The van der Waals surface area contributed by atoms with Crippen LogP contribution in [0.3, 0.4) is 0 Å². The summed E-state index contributed by atoms with van der Waals surface area (Å²) in [6.45, 7) is 13.7. The second-order valence-corrected chi connectivity index (χ2v) is 13.7. The van der Waals surface area contributed by atoms with Crippen LogP contribution in [-0.4, -0.2) is 92.5 Å². The number of quaternary nitrogens is 1. The number of amides is 1. The van der Waals surface area contributed by atoms with E-state index in [1.54, 1.807) is 42.9 Å². The standard InChI is InChI=1S/C40H49F2N4O5/c1-4-19-50-35-25-32(24-34(26-35)49-3)45-28-37(40(48)44(5-2)31-22-29(41)21-30(42)23-31)39(47)36-11-10-33(27-38(36)45)51-20-9-7-6-8-15-46-16-12-43(13-17-46)14-18-46/h10-11,21-28H,4-9,12-20H2,1-3H3/q+1. The van der Waals surface area contributed by atoms with Gasteiger partial charge in [-0.05, 0) is 63.3 Å². The normalized spacial score (nSPS) is 18.2. The van der Waals surface area contributed by atoms with Crippen molar-refractivity contribution in [2.75, 3.05) is 77.6 Å². The van der Waals surface area contributed by atoms with E-state index in [-0.39, 0.29) is 17.8 Å². The number of carbonyl (C=O) groups excluding carboxylic acids is 1. The summed E-state index contributed by atoms with van der Waals surface area (Å²) in [5, 5.41) is 0.291. The molecular weight excluding hydrogens is 654 g/mol. The van der Waals surface area contributed by atoms with Crippen LogP contribution < -0.4 is 24.5 Å². The largest absolute Gasteiger partial charge is 0.497 e. The molecular formula is C40H49F2N4O5+. The number of rotatable bonds is 16. The third-order valence-corrected chi connectivity index (χ3v) is 10.2. The Labute approximate surface area is 298 Å². The second-order valence-electron chi connectivity index (χ2n) is 13.7. The Hall–Kier alpha value is -4.48. The van der Waals surface area contributed by atoms with Gasteiger partial charge in [0.2, 0.25) is 5.43 Å². The number of pyridine rings is 1. The molecule has 7 rings (SSSR count). The molecule has 272 valence electrons. The van der Waals surface area contributed by atoms with Crippen molar-refractivity contribution in [2.24, 2.45) is 0 Å². The highest BCUT2D eigenvalue weighted by atomic mass is 19.1. The number of piperazine rings is 3. The van der Waals surface area contributed by atoms with Crippen molar-refractivity contribution in [2.45, 2.75) is 46.0 Å². The Balaban J connectivity index is 1.26. The number of hydrogen-bond donors (Lipinski definition) is 0. The van der Waals surface area contributed by atoms with Gasteiger partial charge in [-0.15, -0.1) is 0 Å². The lowest BCUT2D eigenvalue weighted by atomic mass is 10.1. The van der Waals surface area contributed by atoms with E-state index in [1.165, 1.54) is 74.2 Å². The Kier molecular flexibility index (Phi) is 11.6. The van der Waals surface area contributed by atoms with Crippen molar-refractivity contribution in [1.82, 2.24) is 9.47 Å². The fourth-order valence-electron chi connectivity index (χ4n) is 7.32. The fourth-order valence-corrected chi connectivity index (χ4v) is 7.32. The van der Waals surface area contributed by atoms with Gasteiger partial charge in [-0.1, -0.05) is 6.92 Å². The Morgan fingerprint density at radius 2 is 1.51 bits per heavy atom. The lowest BCUT2D eigenvalue weighted by Gasteiger charge is -2.50. The SMILES string of the molecule is CCCOc1cc(OC)cc(-n2cc(C(=O)N(CC)c3cc(F)cc(F)c3)c(=O)c3ccc(OCCCCCC[N+]45CCN(CC4)CC5)cc32)c1. The van der Waals surface area contributed by atoms with Gasteiger partial charge in [-0.3, -0.25) is 14.5 Å². The average Bonchev–Trinajstić information content (AvgIpc) is 3.14. The number of aromatic nitrogens is 1. The van der Waals surface area contributed by atoms with E-state index in [2.05, 4.69) is 4.90 Å². The number of halogens is 2. The molecule has 3 saturated heterocycles. The number of nitrogens with zero attached hydrogens (tertiary/aromatic N) is 4. The van der Waals surface area contributed by atoms with E-state index in [9.17, 15) is 18.4 Å². The number of anilines is 1. The minimum Gasteiger partial charge on any atom is -0.497 e. The zero-order valence-corrected chi connectivity index (χ0v) is 30.0. The molecule has 4 heterocycles. The third-order valence-electron chi connectivity index (χ3n) is 10.2. The summed E-state index contributed by atoms with van der Waals surface area (Å²) in [7, 11) is 1.56. The number of benzene rings is 3. The van der Waals surface area contributed by atoms with E-state index in [0.29, 0.717) is 47.1 Å². The van der Waals surface area contributed by atoms with Gasteiger partial charge < -0.3 is 28.2 Å². The van der Waals surface area contributed by atoms with Crippen LogP contribution in [0.15, 0.2) is 65.6 Å². The molecule has 2 bridgehead atoms. The molecule has 3 aliphatic rings. The predicted octanol–water partition coefficient (Wildman–Crippen LogP) is 6.82. The first-order valence-electron chi connectivity index (χ1n) is 18.2. The van der Waals surface area contributed by atoms with Crippen LogP contribution in [0.2, 0.25) is 0 Å². The monoisotopic (exact) mass is 703 g/mol. The first-order valence-corrected chi connectivity index (χ1v) is 18.2. The first kappa shape index (κ1) is 36.3. The van der Waals surface area contributed by atoms with Gasteiger partial charge in [-0.25, -0.2) is 8.78 Å². The molecule has 1 amide bonds. The average molecular weight is 704 g/mol. The number of hydrogen-bond acceptors (Lipinski definition) is 6. The summed E-state index contributed by atoms with van der Waals surface area (Å²) in [6.07, 6.45) is 6.70. The highest BCUT2D eigenvalue weighted by Gasteiger charge is 2.37. The second kappa shape index (κ2) is 16.2. The summed E-state index contributed by atoms with van der Waals surface area (Å²) in [6, 6.07) is 13.5. The van der Waals surface area contributed by atoms with Crippen LogP contribution in [0.25, 0.3) is 16.6 Å². The maximum Gasteiger partial charge on any atom is 0.263 e. The lowest BCUT2D eigenvalue weighted by Crippen LogP contribution is -2.67. The smallest absolute Gasteiger partial charge is 0.263 e. The van der Waals surface area contributed by atoms with Gasteiger partial charge in [-0.2, -0.15) is 0 Å². The molecule has 3 aliphatic heterocycles. The van der Waals surface area contributed by atoms with Crippen LogP contribution in [-0.2, 0) is 0 Å². The molecule has 0 N–H and O–H groups in total. The van der Waals surface area contributed by atoms with Crippen molar-refractivity contribution in [3.05, 3.63) is 88.2 Å². The summed E-state index contributed by atoms with van der Waals surface area (Å²) in [5.41, 5.74) is 0.486. The molecule has 9 nitrogen and oxygen atoms in total. The fraction of sp³-hybridized carbons (Fsp3) is 0.450. The van der Waals surface area contributed by atoms with Gasteiger partial charge in [0.25, 0.3) is 5.91 Å². The Morgan fingerprint density at radius 3 is 2.20 bits per heavy atom. The summed E-state index contributed by atoms with van der Waals surface area (Å²) in [5.74, 6) is -0.616. The quantitative estimate of drug-likeness (QED) is 0.0943. The van der Waals surface area contributed by atoms with E-state index < -0.39 is 23.0 Å². The lowest BCUT2D eigenvalue weighted by molar-refractivity contribution is -0.941. The predicted molar refractivity (Wildman–Crippen MR) is 196 cm³/mol. The van der Waals surface area contributed by atoms with Gasteiger partial charge >= 0.3 is 0 Å². The van der Waals surface area contributed by atoms with E-state index in [4.69, 9.17) is 14.2 Å². The molecule has 3 aromatic carbocycles. The van der Waals surface area contributed by atoms with Crippen molar-refractivity contribution in [3.8, 4) is 22.9 Å². The van der Waals surface area contributed by atoms with Crippen molar-refractivity contribution in [3.63, 3.8) is 0 Å². The minimum atomic E-state index is -0.820. The summed E-state index contributed by atoms with van der Waals surface area (Å²) in [4.78, 5) is 31.8. The molecule has 0 aliphatic carbocycles. The van der Waals surface area contributed by atoms with Crippen LogP contribution >= 0.6 is 0 Å². The summed E-state index contributed by atoms with van der Waals surface area (Å²) < 4.78 is 49.1. The molecule has 51 heavy (non-hydrogen) atoms. The van der Waals surface area contributed by atoms with Crippen LogP contribution in [0.4, 0.5) is 14.5 Å². The minimum absolute atomic E-state index is 0.0181. The molecule has 11 heteroatoms. The van der Waals surface area contributed by atoms with Gasteiger partial charge in [0.1, 0.15) is 34.4 Å². The number of unbranched alkanes of at least 4 members (excludes halogenated alkanes) is 3. The molecule has 0 atom stereocenters. The third kappa shape index (κ3) is 8.37. The Morgan fingerprint density at radius 1 is 0.824 bits per heavy atom. The summed E-state index contributed by atoms with van der Waals surface area (Å²) >= 11 is 0. The molecule has 1 aromatic heterocycles. The molecule has 0 radical (unpaired) electrons. The number of ether oxygens (including phenoxy) is 3. The molecule has 0 unspecified atom stereocenters. The van der Waals surface area contributed by atoms with E-state index in [1.807, 2.05) is 19.1 Å². The topological polar surface area (TPSA) is 73.2 Å². The maximum absolute atomic E-state index is 14.2. The van der Waals surface area contributed by atoms with E-state index >= 15 is 0 Å². The van der Waals surface area contributed by atoms with Crippen LogP contribution in [0.5, 0.6) is 17.2 Å². The van der Waals surface area contributed by atoms with Gasteiger partial charge in [0.05, 0.1) is 57.7 Å². The molecule has 0 spiro atoms. The Bertz CT molecular complexity index is 1870. The highest BCUT2D eigenvalue weighted by Crippen LogP contribution is 2.30. The first-order chi connectivity index (χ1) is 24.7. The van der Waals surface area contributed by atoms with Crippen molar-refractivity contribution < 1.29 is 32.3 Å². The molecule has 0 saturated carbocycles. The molecule has 3 fully saturated rings. The zero-order chi connectivity index (χ0) is 36.0.